The monoisotopic (exact) mass is 522 g/mol. The van der Waals surface area contributed by atoms with Gasteiger partial charge in [-0.3, -0.25) is 9.69 Å². The van der Waals surface area contributed by atoms with E-state index in [9.17, 15) is 4.79 Å². The fourth-order valence-corrected chi connectivity index (χ4v) is 6.92. The van der Waals surface area contributed by atoms with Crippen molar-refractivity contribution in [3.05, 3.63) is 113 Å². The van der Waals surface area contributed by atoms with E-state index in [1.54, 1.807) is 0 Å². The molecule has 194 valence electrons. The van der Waals surface area contributed by atoms with Gasteiger partial charge in [-0.15, -0.1) is 0 Å². The molecule has 4 aromatic carbocycles. The molecular weight excluding hydrogens is 488 g/mol. The maximum atomic E-state index is 14.1. The van der Waals surface area contributed by atoms with Crippen LogP contribution in [0.5, 0.6) is 0 Å². The van der Waals surface area contributed by atoms with Crippen molar-refractivity contribution in [3.8, 4) is 0 Å². The Morgan fingerprint density at radius 1 is 0.737 bits per heavy atom. The highest BCUT2D eigenvalue weighted by atomic mass is 35.5. The second-order valence-corrected chi connectivity index (χ2v) is 11.2. The molecule has 3 nitrogen and oxygen atoms in total. The second-order valence-electron chi connectivity index (χ2n) is 10.8. The van der Waals surface area contributed by atoms with E-state index in [0.29, 0.717) is 22.5 Å². The topological polar surface area (TPSA) is 23.6 Å². The van der Waals surface area contributed by atoms with Crippen molar-refractivity contribution >= 4 is 34.0 Å². The first-order chi connectivity index (χ1) is 18.7. The van der Waals surface area contributed by atoms with Crippen molar-refractivity contribution in [1.82, 2.24) is 4.90 Å². The summed E-state index contributed by atoms with van der Waals surface area (Å²) < 4.78 is 0. The third-order valence-electron chi connectivity index (χ3n) is 8.62. The first kappa shape index (κ1) is 25.2. The lowest BCUT2D eigenvalue weighted by Crippen LogP contribution is -2.51. The maximum Gasteiger partial charge on any atom is 0.258 e. The van der Waals surface area contributed by atoms with E-state index in [1.807, 2.05) is 59.5 Å². The SMILES string of the molecule is O=C(c1ccc2ccccc2c1)N(c1ccccc1Cl)C1CCN([C@@H]2CCCC[C@@H]2c2ccccc2)CC1. The van der Waals surface area contributed by atoms with Crippen LogP contribution in [0.25, 0.3) is 10.8 Å². The van der Waals surface area contributed by atoms with Gasteiger partial charge in [-0.05, 0) is 72.2 Å². The van der Waals surface area contributed by atoms with Crippen molar-refractivity contribution in [1.29, 1.82) is 0 Å². The summed E-state index contributed by atoms with van der Waals surface area (Å²) in [6, 6.07) is 33.8. The predicted molar refractivity (Wildman–Crippen MR) is 158 cm³/mol. The number of piperidine rings is 1. The number of hydrogen-bond acceptors (Lipinski definition) is 2. The van der Waals surface area contributed by atoms with Crippen molar-refractivity contribution in [2.45, 2.75) is 56.5 Å². The molecule has 1 aliphatic heterocycles. The van der Waals surface area contributed by atoms with Crippen LogP contribution < -0.4 is 4.90 Å². The molecule has 0 spiro atoms. The van der Waals surface area contributed by atoms with Gasteiger partial charge in [0, 0.05) is 30.7 Å². The van der Waals surface area contributed by atoms with E-state index >= 15 is 0 Å². The van der Waals surface area contributed by atoms with Crippen LogP contribution in [-0.2, 0) is 0 Å². The minimum absolute atomic E-state index is 0.0298. The van der Waals surface area contributed by atoms with Crippen molar-refractivity contribution in [2.24, 2.45) is 0 Å². The second kappa shape index (κ2) is 11.3. The Morgan fingerprint density at radius 2 is 1.42 bits per heavy atom. The van der Waals surface area contributed by atoms with E-state index in [2.05, 4.69) is 47.4 Å². The summed E-state index contributed by atoms with van der Waals surface area (Å²) in [6.07, 6.45) is 7.04. The average Bonchev–Trinajstić information content (AvgIpc) is 2.99. The van der Waals surface area contributed by atoms with Crippen molar-refractivity contribution in [3.63, 3.8) is 0 Å². The molecule has 4 heteroatoms. The fourth-order valence-electron chi connectivity index (χ4n) is 6.69. The molecule has 0 bridgehead atoms. The molecule has 1 saturated carbocycles. The van der Waals surface area contributed by atoms with Gasteiger partial charge in [-0.25, -0.2) is 0 Å². The summed E-state index contributed by atoms with van der Waals surface area (Å²) in [5.74, 6) is 0.627. The van der Waals surface area contributed by atoms with Crippen LogP contribution in [0.2, 0.25) is 5.02 Å². The van der Waals surface area contributed by atoms with Gasteiger partial charge in [-0.2, -0.15) is 0 Å². The van der Waals surface area contributed by atoms with E-state index in [1.165, 1.54) is 31.2 Å². The Hall–Kier alpha value is -3.14. The van der Waals surface area contributed by atoms with Gasteiger partial charge in [0.05, 0.1) is 10.7 Å². The van der Waals surface area contributed by atoms with Gasteiger partial charge in [0.1, 0.15) is 0 Å². The van der Waals surface area contributed by atoms with Gasteiger partial charge < -0.3 is 4.90 Å². The molecule has 1 aliphatic carbocycles. The molecule has 1 saturated heterocycles. The fraction of sp³-hybridized carbons (Fsp3) is 0.324. The Kier molecular flexibility index (Phi) is 7.49. The number of halogens is 1. The number of para-hydroxylation sites is 1. The zero-order valence-electron chi connectivity index (χ0n) is 21.8. The van der Waals surface area contributed by atoms with Crippen LogP contribution in [0.1, 0.15) is 60.4 Å². The summed E-state index contributed by atoms with van der Waals surface area (Å²) in [4.78, 5) is 18.8. The number of nitrogens with zero attached hydrogens (tertiary/aromatic N) is 2. The largest absolute Gasteiger partial charge is 0.304 e. The molecule has 2 atom stereocenters. The summed E-state index contributed by atoms with van der Waals surface area (Å²) in [5.41, 5.74) is 3.00. The third-order valence-corrected chi connectivity index (χ3v) is 8.94. The lowest BCUT2D eigenvalue weighted by atomic mass is 9.78. The van der Waals surface area contributed by atoms with Crippen LogP contribution in [0.3, 0.4) is 0 Å². The van der Waals surface area contributed by atoms with Gasteiger partial charge >= 0.3 is 0 Å². The first-order valence-corrected chi connectivity index (χ1v) is 14.4. The molecule has 6 rings (SSSR count). The molecule has 1 amide bonds. The summed E-state index contributed by atoms with van der Waals surface area (Å²) in [7, 11) is 0. The quantitative estimate of drug-likeness (QED) is 0.263. The molecule has 0 aromatic heterocycles. The van der Waals surface area contributed by atoms with Gasteiger partial charge in [0.25, 0.3) is 5.91 Å². The highest BCUT2D eigenvalue weighted by Crippen LogP contribution is 2.39. The van der Waals surface area contributed by atoms with Gasteiger partial charge in [-0.1, -0.05) is 97.2 Å². The number of fused-ring (bicyclic) bond motifs is 1. The summed E-state index contributed by atoms with van der Waals surface area (Å²) in [5, 5.41) is 2.85. The highest BCUT2D eigenvalue weighted by molar-refractivity contribution is 6.34. The maximum absolute atomic E-state index is 14.1. The summed E-state index contributed by atoms with van der Waals surface area (Å²) >= 11 is 6.70. The Morgan fingerprint density at radius 3 is 2.21 bits per heavy atom. The number of amides is 1. The number of benzene rings is 4. The average molecular weight is 523 g/mol. The summed E-state index contributed by atoms with van der Waals surface area (Å²) in [6.45, 7) is 2.01. The third kappa shape index (κ3) is 5.10. The van der Waals surface area contributed by atoms with Crippen LogP contribution >= 0.6 is 11.6 Å². The van der Waals surface area contributed by atoms with Crippen LogP contribution in [0.15, 0.2) is 97.1 Å². The predicted octanol–water partition coefficient (Wildman–Crippen LogP) is 8.33. The van der Waals surface area contributed by atoms with Gasteiger partial charge in [0.15, 0.2) is 0 Å². The number of anilines is 1. The molecule has 0 unspecified atom stereocenters. The molecule has 2 fully saturated rings. The minimum Gasteiger partial charge on any atom is -0.304 e. The van der Waals surface area contributed by atoms with Crippen LogP contribution in [0, 0.1) is 0 Å². The van der Waals surface area contributed by atoms with Gasteiger partial charge in [0.2, 0.25) is 0 Å². The molecular formula is C34H35ClN2O. The zero-order valence-corrected chi connectivity index (χ0v) is 22.6. The van der Waals surface area contributed by atoms with Crippen molar-refractivity contribution < 1.29 is 4.79 Å². The normalized spacial score (nSPS) is 20.9. The van der Waals surface area contributed by atoms with E-state index < -0.39 is 0 Å². The van der Waals surface area contributed by atoms with E-state index in [4.69, 9.17) is 11.6 Å². The number of likely N-dealkylation sites (tertiary alicyclic amines) is 1. The van der Waals surface area contributed by atoms with Crippen LogP contribution in [0.4, 0.5) is 5.69 Å². The smallest absolute Gasteiger partial charge is 0.258 e. The Labute approximate surface area is 231 Å². The number of rotatable bonds is 5. The standard InChI is InChI=1S/C34H35ClN2O/c35-31-15-7-9-17-33(31)37(34(38)28-19-18-25-10-4-5-13-27(25)24-28)29-20-22-36(23-21-29)32-16-8-6-14-30(32)26-11-2-1-3-12-26/h1-5,7,9-13,15,17-19,24,29-30,32H,6,8,14,16,20-23H2/t30-,32-/m1/s1. The molecule has 2 aliphatic rings. The van der Waals surface area contributed by atoms with E-state index in [0.717, 1.165) is 42.4 Å². The highest BCUT2D eigenvalue weighted by Gasteiger charge is 2.36. The lowest BCUT2D eigenvalue weighted by molar-refractivity contribution is 0.0895. The molecule has 0 radical (unpaired) electrons. The minimum atomic E-state index is 0.0298. The van der Waals surface area contributed by atoms with Crippen molar-refractivity contribution in [2.75, 3.05) is 18.0 Å². The molecule has 0 N–H and O–H groups in total. The number of hydrogen-bond donors (Lipinski definition) is 0. The van der Waals surface area contributed by atoms with Crippen LogP contribution in [-0.4, -0.2) is 36.0 Å². The lowest BCUT2D eigenvalue weighted by Gasteiger charge is -2.45. The molecule has 1 heterocycles. The number of carbonyl (C=O) groups is 1. The zero-order chi connectivity index (χ0) is 25.9. The Balaban J connectivity index is 1.25. The number of carbonyl (C=O) groups excluding carboxylic acids is 1. The Bertz CT molecular complexity index is 1400. The molecule has 38 heavy (non-hydrogen) atoms. The first-order valence-electron chi connectivity index (χ1n) is 14.0. The van der Waals surface area contributed by atoms with E-state index in [-0.39, 0.29) is 11.9 Å². The molecule has 4 aromatic rings.